The SMILES string of the molecule is CCCCC/C=C\N=NC1(C)CCN1. The number of allylic oxidation sites excluding steroid dienone is 1. The Morgan fingerprint density at radius 2 is 2.21 bits per heavy atom. The fourth-order valence-electron chi connectivity index (χ4n) is 1.37. The maximum absolute atomic E-state index is 4.21. The van der Waals surface area contributed by atoms with E-state index in [9.17, 15) is 0 Å². The Morgan fingerprint density at radius 1 is 1.43 bits per heavy atom. The third-order valence-corrected chi connectivity index (χ3v) is 2.54. The summed E-state index contributed by atoms with van der Waals surface area (Å²) in [5.74, 6) is 0. The lowest BCUT2D eigenvalue weighted by Gasteiger charge is -2.34. The predicted octanol–water partition coefficient (Wildman–Crippen LogP) is 3.24. The van der Waals surface area contributed by atoms with Crippen LogP contribution in [0.1, 0.15) is 46.0 Å². The average molecular weight is 195 g/mol. The van der Waals surface area contributed by atoms with Crippen molar-refractivity contribution in [1.82, 2.24) is 5.32 Å². The number of azo groups is 1. The Kier molecular flexibility index (Phi) is 4.80. The van der Waals surface area contributed by atoms with Crippen LogP contribution in [0.3, 0.4) is 0 Å². The molecule has 0 bridgehead atoms. The van der Waals surface area contributed by atoms with Gasteiger partial charge in [-0.25, -0.2) is 0 Å². The van der Waals surface area contributed by atoms with E-state index in [0.717, 1.165) is 19.4 Å². The normalized spacial score (nSPS) is 27.3. The second kappa shape index (κ2) is 5.91. The van der Waals surface area contributed by atoms with Crippen molar-refractivity contribution in [1.29, 1.82) is 0 Å². The van der Waals surface area contributed by atoms with Crippen molar-refractivity contribution in [3.63, 3.8) is 0 Å². The summed E-state index contributed by atoms with van der Waals surface area (Å²) in [6, 6.07) is 0. The first-order valence-electron chi connectivity index (χ1n) is 5.59. The Labute approximate surface area is 86.7 Å². The van der Waals surface area contributed by atoms with Crippen LogP contribution in [0.25, 0.3) is 0 Å². The summed E-state index contributed by atoms with van der Waals surface area (Å²) in [6.45, 7) is 5.35. The van der Waals surface area contributed by atoms with Crippen LogP contribution in [-0.2, 0) is 0 Å². The molecule has 1 aliphatic rings. The highest BCUT2D eigenvalue weighted by Gasteiger charge is 2.30. The van der Waals surface area contributed by atoms with Crippen molar-refractivity contribution in [3.05, 3.63) is 12.3 Å². The standard InChI is InChI=1S/C11H21N3/c1-3-4-5-6-7-9-13-14-11(2)8-10-12-11/h7,9,12H,3-6,8,10H2,1-2H3/b9-7-,14-13?. The van der Waals surface area contributed by atoms with E-state index in [-0.39, 0.29) is 5.66 Å². The highest BCUT2D eigenvalue weighted by Crippen LogP contribution is 2.19. The van der Waals surface area contributed by atoms with Crippen LogP contribution in [0, 0.1) is 0 Å². The summed E-state index contributed by atoms with van der Waals surface area (Å²) < 4.78 is 0. The van der Waals surface area contributed by atoms with Gasteiger partial charge in [-0.3, -0.25) is 5.32 Å². The van der Waals surface area contributed by atoms with E-state index in [2.05, 4.69) is 35.5 Å². The number of nitrogens with one attached hydrogen (secondary N) is 1. The molecule has 80 valence electrons. The molecule has 0 aromatic heterocycles. The lowest BCUT2D eigenvalue weighted by atomic mass is 10.0. The highest BCUT2D eigenvalue weighted by atomic mass is 15.3. The first-order chi connectivity index (χ1) is 6.77. The van der Waals surface area contributed by atoms with E-state index in [4.69, 9.17) is 0 Å². The summed E-state index contributed by atoms with van der Waals surface area (Å²) in [4.78, 5) is 0. The molecule has 1 heterocycles. The molecule has 1 aliphatic heterocycles. The fourth-order valence-corrected chi connectivity index (χ4v) is 1.37. The largest absolute Gasteiger partial charge is 0.292 e. The Morgan fingerprint density at radius 3 is 2.79 bits per heavy atom. The summed E-state index contributed by atoms with van der Waals surface area (Å²) in [5, 5.41) is 11.5. The summed E-state index contributed by atoms with van der Waals surface area (Å²) in [6.07, 6.45) is 9.98. The van der Waals surface area contributed by atoms with Gasteiger partial charge < -0.3 is 0 Å². The lowest BCUT2D eigenvalue weighted by molar-refractivity contribution is 0.234. The molecule has 0 amide bonds. The van der Waals surface area contributed by atoms with E-state index in [1.54, 1.807) is 0 Å². The second-order valence-electron chi connectivity index (χ2n) is 4.05. The van der Waals surface area contributed by atoms with Crippen molar-refractivity contribution in [2.75, 3.05) is 6.54 Å². The molecule has 0 aromatic carbocycles. The van der Waals surface area contributed by atoms with Crippen LogP contribution in [0.15, 0.2) is 22.5 Å². The molecule has 14 heavy (non-hydrogen) atoms. The Bertz CT molecular complexity index is 205. The molecular weight excluding hydrogens is 174 g/mol. The van der Waals surface area contributed by atoms with Gasteiger partial charge in [-0.1, -0.05) is 25.8 Å². The number of unbranched alkanes of at least 4 members (excludes halogenated alkanes) is 3. The zero-order valence-electron chi connectivity index (χ0n) is 9.29. The number of nitrogens with zero attached hydrogens (tertiary/aromatic N) is 2. The van der Waals surface area contributed by atoms with Crippen molar-refractivity contribution < 1.29 is 0 Å². The van der Waals surface area contributed by atoms with Gasteiger partial charge in [-0.15, -0.1) is 0 Å². The predicted molar refractivity (Wildman–Crippen MR) is 59.2 cm³/mol. The molecule has 0 aromatic rings. The number of hydrogen-bond donors (Lipinski definition) is 1. The third kappa shape index (κ3) is 4.01. The third-order valence-electron chi connectivity index (χ3n) is 2.54. The molecule has 0 aliphatic carbocycles. The van der Waals surface area contributed by atoms with E-state index >= 15 is 0 Å². The van der Waals surface area contributed by atoms with Crippen LogP contribution >= 0.6 is 0 Å². The zero-order chi connectivity index (χ0) is 10.3. The van der Waals surface area contributed by atoms with Crippen LogP contribution in [0.5, 0.6) is 0 Å². The van der Waals surface area contributed by atoms with Crippen LogP contribution < -0.4 is 5.32 Å². The molecule has 0 saturated carbocycles. The highest BCUT2D eigenvalue weighted by molar-refractivity contribution is 4.89. The van der Waals surface area contributed by atoms with Crippen molar-refractivity contribution in [2.24, 2.45) is 10.2 Å². The van der Waals surface area contributed by atoms with Crippen LogP contribution in [-0.4, -0.2) is 12.2 Å². The molecule has 3 heteroatoms. The monoisotopic (exact) mass is 195 g/mol. The fraction of sp³-hybridized carbons (Fsp3) is 0.818. The van der Waals surface area contributed by atoms with Gasteiger partial charge in [0, 0.05) is 12.7 Å². The van der Waals surface area contributed by atoms with Gasteiger partial charge in [-0.05, 0) is 26.2 Å². The molecule has 1 fully saturated rings. The maximum Gasteiger partial charge on any atom is 0.130 e. The molecule has 1 rings (SSSR count). The second-order valence-corrected chi connectivity index (χ2v) is 4.05. The Hall–Kier alpha value is -0.700. The summed E-state index contributed by atoms with van der Waals surface area (Å²) in [7, 11) is 0. The van der Waals surface area contributed by atoms with Crippen molar-refractivity contribution >= 4 is 0 Å². The minimum Gasteiger partial charge on any atom is -0.292 e. The summed E-state index contributed by atoms with van der Waals surface area (Å²) >= 11 is 0. The first kappa shape index (κ1) is 11.4. The number of hydrogen-bond acceptors (Lipinski definition) is 3. The number of rotatable bonds is 6. The van der Waals surface area contributed by atoms with Gasteiger partial charge in [-0.2, -0.15) is 10.2 Å². The molecule has 1 unspecified atom stereocenters. The summed E-state index contributed by atoms with van der Waals surface area (Å²) in [5.41, 5.74) is -0.0756. The smallest absolute Gasteiger partial charge is 0.130 e. The molecule has 0 spiro atoms. The molecule has 3 nitrogen and oxygen atoms in total. The minimum atomic E-state index is -0.0756. The van der Waals surface area contributed by atoms with Gasteiger partial charge in [0.2, 0.25) is 0 Å². The lowest BCUT2D eigenvalue weighted by Crippen LogP contribution is -2.52. The van der Waals surface area contributed by atoms with Gasteiger partial charge in [0.1, 0.15) is 5.66 Å². The van der Waals surface area contributed by atoms with E-state index < -0.39 is 0 Å². The minimum absolute atomic E-state index is 0.0756. The Balaban J connectivity index is 2.06. The average Bonchev–Trinajstić information content (AvgIpc) is 2.14. The quantitative estimate of drug-likeness (QED) is 0.512. The van der Waals surface area contributed by atoms with Crippen LogP contribution in [0.4, 0.5) is 0 Å². The first-order valence-corrected chi connectivity index (χ1v) is 5.59. The molecule has 1 atom stereocenters. The van der Waals surface area contributed by atoms with E-state index in [0.29, 0.717) is 0 Å². The van der Waals surface area contributed by atoms with E-state index in [1.165, 1.54) is 19.3 Å². The van der Waals surface area contributed by atoms with Gasteiger partial charge >= 0.3 is 0 Å². The van der Waals surface area contributed by atoms with Crippen molar-refractivity contribution in [2.45, 2.75) is 51.6 Å². The molecule has 0 radical (unpaired) electrons. The van der Waals surface area contributed by atoms with Gasteiger partial charge in [0.15, 0.2) is 0 Å². The van der Waals surface area contributed by atoms with Crippen molar-refractivity contribution in [3.8, 4) is 0 Å². The van der Waals surface area contributed by atoms with E-state index in [1.807, 2.05) is 6.20 Å². The van der Waals surface area contributed by atoms with Crippen LogP contribution in [0.2, 0.25) is 0 Å². The van der Waals surface area contributed by atoms with Gasteiger partial charge in [0.25, 0.3) is 0 Å². The topological polar surface area (TPSA) is 36.8 Å². The van der Waals surface area contributed by atoms with Gasteiger partial charge in [0.05, 0.1) is 0 Å². The molecule has 1 N–H and O–H groups in total. The maximum atomic E-state index is 4.21. The molecular formula is C11H21N3. The zero-order valence-corrected chi connectivity index (χ0v) is 9.29. The molecule has 1 saturated heterocycles.